The van der Waals surface area contributed by atoms with E-state index >= 15 is 0 Å². The molecule has 0 unspecified atom stereocenters. The van der Waals surface area contributed by atoms with Crippen LogP contribution >= 0.6 is 0 Å². The van der Waals surface area contributed by atoms with E-state index in [1.807, 2.05) is 24.3 Å². The van der Waals surface area contributed by atoms with Gasteiger partial charge in [-0.3, -0.25) is 4.68 Å². The molecular formula is C25H31N3O6S. The van der Waals surface area contributed by atoms with Crippen molar-refractivity contribution in [2.24, 2.45) is 0 Å². The Hall–Kier alpha value is -3.37. The van der Waals surface area contributed by atoms with Crippen molar-refractivity contribution in [3.05, 3.63) is 71.5 Å². The topological polar surface area (TPSA) is 100.0 Å². The van der Waals surface area contributed by atoms with E-state index in [4.69, 9.17) is 14.2 Å². The van der Waals surface area contributed by atoms with Crippen LogP contribution in [0.25, 0.3) is 0 Å². The van der Waals surface area contributed by atoms with E-state index in [0.717, 1.165) is 11.1 Å². The van der Waals surface area contributed by atoms with Crippen LogP contribution in [0.15, 0.2) is 59.6 Å². The second kappa shape index (κ2) is 10.5. The first kappa shape index (κ1) is 26.2. The molecule has 0 N–H and O–H groups in total. The summed E-state index contributed by atoms with van der Waals surface area (Å²) >= 11 is 0. The summed E-state index contributed by atoms with van der Waals surface area (Å²) in [7, 11) is 0.435. The van der Waals surface area contributed by atoms with Gasteiger partial charge in [-0.1, -0.05) is 24.3 Å². The lowest BCUT2D eigenvalue weighted by Crippen LogP contribution is -2.37. The molecule has 0 aliphatic rings. The Morgan fingerprint density at radius 1 is 0.914 bits per heavy atom. The van der Waals surface area contributed by atoms with Crippen LogP contribution in [0.5, 0.6) is 11.5 Å². The number of methoxy groups -OCH3 is 3. The molecule has 10 heteroatoms. The van der Waals surface area contributed by atoms with Gasteiger partial charge in [0.05, 0.1) is 27.0 Å². The molecule has 0 saturated heterocycles. The normalized spacial score (nSPS) is 12.0. The Bertz CT molecular complexity index is 1220. The quantitative estimate of drug-likeness (QED) is 0.392. The lowest BCUT2D eigenvalue weighted by atomic mass is 10.1. The highest BCUT2D eigenvalue weighted by atomic mass is 32.2. The number of aryl methyl sites for hydroxylation is 1. The SMILES string of the molecule is COC(=O)C(C)(C)n1cc(S(=O)(=O)N(Cc2ccc(OC)cc2)Cc2ccc(OC)cc2)c(C)n1. The first-order chi connectivity index (χ1) is 16.5. The lowest BCUT2D eigenvalue weighted by molar-refractivity contribution is -0.150. The molecule has 0 amide bonds. The first-order valence-corrected chi connectivity index (χ1v) is 12.4. The molecule has 0 aliphatic carbocycles. The van der Waals surface area contributed by atoms with Crippen LogP contribution in [-0.4, -0.2) is 49.8 Å². The third kappa shape index (κ3) is 5.66. The zero-order valence-electron chi connectivity index (χ0n) is 20.8. The maximum atomic E-state index is 13.9. The van der Waals surface area contributed by atoms with E-state index < -0.39 is 21.5 Å². The minimum absolute atomic E-state index is 0.0245. The van der Waals surface area contributed by atoms with E-state index in [1.54, 1.807) is 59.3 Å². The van der Waals surface area contributed by atoms with Gasteiger partial charge in [0, 0.05) is 19.3 Å². The van der Waals surface area contributed by atoms with Gasteiger partial charge >= 0.3 is 5.97 Å². The molecule has 3 aromatic rings. The van der Waals surface area contributed by atoms with E-state index in [-0.39, 0.29) is 23.7 Å². The maximum Gasteiger partial charge on any atom is 0.333 e. The minimum Gasteiger partial charge on any atom is -0.497 e. The summed E-state index contributed by atoms with van der Waals surface area (Å²) in [5.41, 5.74) is 0.700. The average Bonchev–Trinajstić information content (AvgIpc) is 3.27. The van der Waals surface area contributed by atoms with Crippen molar-refractivity contribution in [3.8, 4) is 11.5 Å². The summed E-state index contributed by atoms with van der Waals surface area (Å²) < 4.78 is 45.8. The van der Waals surface area contributed by atoms with Gasteiger partial charge in [0.2, 0.25) is 10.0 Å². The van der Waals surface area contributed by atoms with Gasteiger partial charge in [-0.15, -0.1) is 0 Å². The molecule has 2 aromatic carbocycles. The number of rotatable bonds is 10. The molecule has 0 atom stereocenters. The van der Waals surface area contributed by atoms with Crippen molar-refractivity contribution in [2.45, 2.75) is 44.3 Å². The standard InChI is InChI=1S/C25H31N3O6S/c1-18-23(17-28(26-18)25(2,3)24(29)34-6)35(30,31)27(15-19-7-11-21(32-4)12-8-19)16-20-9-13-22(33-5)14-10-20/h7-14,17H,15-16H2,1-6H3. The molecule has 35 heavy (non-hydrogen) atoms. The summed E-state index contributed by atoms with van der Waals surface area (Å²) in [6.45, 7) is 5.10. The van der Waals surface area contributed by atoms with E-state index in [2.05, 4.69) is 5.10 Å². The molecule has 0 radical (unpaired) electrons. The van der Waals surface area contributed by atoms with Crippen molar-refractivity contribution in [1.82, 2.24) is 14.1 Å². The van der Waals surface area contributed by atoms with Gasteiger partial charge in [0.15, 0.2) is 5.54 Å². The molecule has 9 nitrogen and oxygen atoms in total. The maximum absolute atomic E-state index is 13.9. The second-order valence-electron chi connectivity index (χ2n) is 8.54. The number of carbonyl (C=O) groups excluding carboxylic acids is 1. The Balaban J connectivity index is 2.02. The van der Waals surface area contributed by atoms with E-state index in [0.29, 0.717) is 11.5 Å². The second-order valence-corrected chi connectivity index (χ2v) is 10.4. The van der Waals surface area contributed by atoms with Crippen molar-refractivity contribution in [3.63, 3.8) is 0 Å². The molecule has 188 valence electrons. The minimum atomic E-state index is -4.00. The number of hydrogen-bond donors (Lipinski definition) is 0. The number of benzene rings is 2. The highest BCUT2D eigenvalue weighted by Crippen LogP contribution is 2.27. The number of hydrogen-bond acceptors (Lipinski definition) is 7. The highest BCUT2D eigenvalue weighted by molar-refractivity contribution is 7.89. The Morgan fingerprint density at radius 2 is 1.37 bits per heavy atom. The monoisotopic (exact) mass is 501 g/mol. The number of ether oxygens (including phenoxy) is 3. The smallest absolute Gasteiger partial charge is 0.333 e. The number of sulfonamides is 1. The Kier molecular flexibility index (Phi) is 7.86. The van der Waals surface area contributed by atoms with Gasteiger partial charge in [-0.25, -0.2) is 13.2 Å². The van der Waals surface area contributed by atoms with Crippen LogP contribution in [0, 0.1) is 6.92 Å². The number of aromatic nitrogens is 2. The predicted molar refractivity (Wildman–Crippen MR) is 131 cm³/mol. The summed E-state index contributed by atoms with van der Waals surface area (Å²) in [5, 5.41) is 4.34. The molecule has 0 saturated carbocycles. The Morgan fingerprint density at radius 3 is 1.77 bits per heavy atom. The zero-order chi connectivity index (χ0) is 25.8. The molecule has 0 bridgehead atoms. The van der Waals surface area contributed by atoms with Crippen LogP contribution in [0.4, 0.5) is 0 Å². The van der Waals surface area contributed by atoms with Crippen LogP contribution in [0.2, 0.25) is 0 Å². The summed E-state index contributed by atoms with van der Waals surface area (Å²) in [6, 6.07) is 14.5. The van der Waals surface area contributed by atoms with Gasteiger partial charge in [0.1, 0.15) is 16.4 Å². The fourth-order valence-electron chi connectivity index (χ4n) is 3.56. The summed E-state index contributed by atoms with van der Waals surface area (Å²) in [6.07, 6.45) is 1.39. The third-order valence-electron chi connectivity index (χ3n) is 5.77. The summed E-state index contributed by atoms with van der Waals surface area (Å²) in [5.74, 6) is 0.832. The lowest BCUT2D eigenvalue weighted by Gasteiger charge is -2.23. The molecule has 1 heterocycles. The van der Waals surface area contributed by atoms with Crippen LogP contribution < -0.4 is 9.47 Å². The fraction of sp³-hybridized carbons (Fsp3) is 0.360. The number of carbonyl (C=O) groups is 1. The van der Waals surface area contributed by atoms with Crippen LogP contribution in [0.1, 0.15) is 30.7 Å². The molecule has 1 aromatic heterocycles. The van der Waals surface area contributed by atoms with Gasteiger partial charge in [0.25, 0.3) is 0 Å². The number of esters is 1. The molecular weight excluding hydrogens is 470 g/mol. The van der Waals surface area contributed by atoms with Crippen molar-refractivity contribution in [1.29, 1.82) is 0 Å². The average molecular weight is 502 g/mol. The third-order valence-corrected chi connectivity index (χ3v) is 7.66. The van der Waals surface area contributed by atoms with Gasteiger partial charge in [-0.05, 0) is 56.2 Å². The molecule has 0 aliphatic heterocycles. The molecule has 0 spiro atoms. The van der Waals surface area contributed by atoms with E-state index in [9.17, 15) is 13.2 Å². The van der Waals surface area contributed by atoms with Crippen LogP contribution in [-0.2, 0) is 38.2 Å². The summed E-state index contributed by atoms with van der Waals surface area (Å²) in [4.78, 5) is 12.3. The van der Waals surface area contributed by atoms with E-state index in [1.165, 1.54) is 22.3 Å². The Labute approximate surface area is 206 Å². The molecule has 0 fully saturated rings. The van der Waals surface area contributed by atoms with Crippen LogP contribution in [0.3, 0.4) is 0 Å². The fourth-order valence-corrected chi connectivity index (χ4v) is 5.12. The van der Waals surface area contributed by atoms with Gasteiger partial charge in [-0.2, -0.15) is 9.40 Å². The predicted octanol–water partition coefficient (Wildman–Crippen LogP) is 3.51. The van der Waals surface area contributed by atoms with Crippen molar-refractivity contribution < 1.29 is 27.4 Å². The van der Waals surface area contributed by atoms with Gasteiger partial charge < -0.3 is 14.2 Å². The van der Waals surface area contributed by atoms with Crippen molar-refractivity contribution in [2.75, 3.05) is 21.3 Å². The van der Waals surface area contributed by atoms with Crippen molar-refractivity contribution >= 4 is 16.0 Å². The number of nitrogens with zero attached hydrogens (tertiary/aromatic N) is 3. The highest BCUT2D eigenvalue weighted by Gasteiger charge is 2.35. The largest absolute Gasteiger partial charge is 0.497 e. The molecule has 3 rings (SSSR count). The zero-order valence-corrected chi connectivity index (χ0v) is 21.6. The first-order valence-electron chi connectivity index (χ1n) is 10.9.